The van der Waals surface area contributed by atoms with Crippen LogP contribution < -0.4 is 5.32 Å². The number of ether oxygens (including phenoxy) is 2. The van der Waals surface area contributed by atoms with Gasteiger partial charge in [0.05, 0.1) is 11.9 Å². The zero-order valence-electron chi connectivity index (χ0n) is 17.3. The van der Waals surface area contributed by atoms with E-state index in [-0.39, 0.29) is 5.95 Å². The number of imidazole rings is 1. The number of hydrogen-bond donors (Lipinski definition) is 1. The molecule has 0 bridgehead atoms. The number of anilines is 1. The SMILES string of the molecule is CC(C)(C)OC(=O)Nc1ncc(-c2ccc(N=[N+]=[N-])cc2)n1C(=O)OC(C)(C)C. The zero-order chi connectivity index (χ0) is 21.8. The maximum atomic E-state index is 12.8. The maximum absolute atomic E-state index is 12.8. The van der Waals surface area contributed by atoms with Crippen molar-refractivity contribution in [3.8, 4) is 11.3 Å². The first-order valence-electron chi connectivity index (χ1n) is 8.86. The van der Waals surface area contributed by atoms with Crippen LogP contribution in [0.2, 0.25) is 0 Å². The molecule has 1 amide bonds. The molecular weight excluding hydrogens is 376 g/mol. The van der Waals surface area contributed by atoms with Gasteiger partial charge < -0.3 is 9.47 Å². The second-order valence-corrected chi connectivity index (χ2v) is 8.15. The average Bonchev–Trinajstić information content (AvgIpc) is 2.96. The van der Waals surface area contributed by atoms with Crippen LogP contribution in [-0.4, -0.2) is 32.9 Å². The molecule has 2 aromatic rings. The summed E-state index contributed by atoms with van der Waals surface area (Å²) in [6, 6.07) is 6.53. The first-order chi connectivity index (χ1) is 13.4. The highest BCUT2D eigenvalue weighted by Crippen LogP contribution is 2.27. The summed E-state index contributed by atoms with van der Waals surface area (Å²) in [4.78, 5) is 31.9. The Hall–Kier alpha value is -3.52. The Balaban J connectivity index is 2.45. The zero-order valence-corrected chi connectivity index (χ0v) is 17.3. The van der Waals surface area contributed by atoms with Gasteiger partial charge in [-0.25, -0.2) is 19.1 Å². The van der Waals surface area contributed by atoms with Crippen molar-refractivity contribution in [2.75, 3.05) is 5.32 Å². The van der Waals surface area contributed by atoms with E-state index in [1.54, 1.807) is 65.8 Å². The van der Waals surface area contributed by atoms with Gasteiger partial charge >= 0.3 is 12.2 Å². The predicted octanol–water partition coefficient (Wildman–Crippen LogP) is 5.62. The van der Waals surface area contributed by atoms with Gasteiger partial charge in [-0.15, -0.1) is 0 Å². The van der Waals surface area contributed by atoms with Crippen LogP contribution in [0.15, 0.2) is 35.6 Å². The number of aromatic nitrogens is 2. The molecule has 0 saturated carbocycles. The predicted molar refractivity (Wildman–Crippen MR) is 108 cm³/mol. The van der Waals surface area contributed by atoms with Crippen LogP contribution in [0.1, 0.15) is 41.5 Å². The van der Waals surface area contributed by atoms with Gasteiger partial charge in [0.1, 0.15) is 11.2 Å². The number of hydrogen-bond acceptors (Lipinski definition) is 6. The standard InChI is InChI=1S/C19H24N6O4/c1-18(2,3)28-16(26)22-15-21-11-14(25(15)17(27)29-19(4,5)6)12-7-9-13(10-8-12)23-24-20/h7-11H,1-6H3,(H,21,22,26). The third-order valence-corrected chi connectivity index (χ3v) is 3.27. The lowest BCUT2D eigenvalue weighted by Gasteiger charge is -2.22. The molecule has 1 N–H and O–H groups in total. The van der Waals surface area contributed by atoms with Gasteiger partial charge in [0.15, 0.2) is 0 Å². The molecule has 1 aromatic heterocycles. The summed E-state index contributed by atoms with van der Waals surface area (Å²) < 4.78 is 11.8. The van der Waals surface area contributed by atoms with E-state index in [1.807, 2.05) is 0 Å². The molecule has 0 spiro atoms. The monoisotopic (exact) mass is 400 g/mol. The van der Waals surface area contributed by atoms with Crippen LogP contribution in [0.4, 0.5) is 21.2 Å². The number of nitrogens with zero attached hydrogens (tertiary/aromatic N) is 5. The highest BCUT2D eigenvalue weighted by Gasteiger charge is 2.26. The normalized spacial score (nSPS) is 11.4. The number of carbonyl (C=O) groups is 2. The summed E-state index contributed by atoms with van der Waals surface area (Å²) in [7, 11) is 0. The number of benzene rings is 1. The van der Waals surface area contributed by atoms with Crippen LogP contribution in [-0.2, 0) is 9.47 Å². The third-order valence-electron chi connectivity index (χ3n) is 3.27. The quantitative estimate of drug-likeness (QED) is 0.405. The van der Waals surface area contributed by atoms with Crippen molar-refractivity contribution >= 4 is 23.8 Å². The second kappa shape index (κ2) is 8.24. The van der Waals surface area contributed by atoms with E-state index >= 15 is 0 Å². The summed E-state index contributed by atoms with van der Waals surface area (Å²) >= 11 is 0. The van der Waals surface area contributed by atoms with Gasteiger partial charge in [-0.3, -0.25) is 5.32 Å². The fourth-order valence-corrected chi connectivity index (χ4v) is 2.28. The van der Waals surface area contributed by atoms with Gasteiger partial charge in [-0.05, 0) is 47.1 Å². The molecule has 0 aliphatic heterocycles. The Morgan fingerprint density at radius 2 is 1.66 bits per heavy atom. The van der Waals surface area contributed by atoms with E-state index < -0.39 is 23.4 Å². The fourth-order valence-electron chi connectivity index (χ4n) is 2.28. The largest absolute Gasteiger partial charge is 0.444 e. The van der Waals surface area contributed by atoms with E-state index in [1.165, 1.54) is 6.20 Å². The molecule has 0 unspecified atom stereocenters. The van der Waals surface area contributed by atoms with Crippen LogP contribution in [0.3, 0.4) is 0 Å². The number of nitrogens with one attached hydrogen (secondary N) is 1. The molecule has 0 saturated heterocycles. The topological polar surface area (TPSA) is 131 Å². The molecule has 1 heterocycles. The molecule has 0 aliphatic carbocycles. The highest BCUT2D eigenvalue weighted by molar-refractivity contribution is 5.89. The van der Waals surface area contributed by atoms with Crippen molar-refractivity contribution in [1.82, 2.24) is 9.55 Å². The maximum Gasteiger partial charge on any atom is 0.421 e. The van der Waals surface area contributed by atoms with Gasteiger partial charge in [-0.2, -0.15) is 0 Å². The molecule has 154 valence electrons. The van der Waals surface area contributed by atoms with Crippen LogP contribution in [0, 0.1) is 0 Å². The van der Waals surface area contributed by atoms with E-state index in [4.69, 9.17) is 15.0 Å². The minimum Gasteiger partial charge on any atom is -0.444 e. The van der Waals surface area contributed by atoms with Crippen molar-refractivity contribution in [2.24, 2.45) is 5.11 Å². The minimum absolute atomic E-state index is 0.0392. The molecule has 0 fully saturated rings. The first kappa shape index (κ1) is 21.8. The first-order valence-corrected chi connectivity index (χ1v) is 8.86. The van der Waals surface area contributed by atoms with Crippen molar-refractivity contribution in [3.63, 3.8) is 0 Å². The van der Waals surface area contributed by atoms with Gasteiger partial charge in [-0.1, -0.05) is 29.4 Å². The Kier molecular flexibility index (Phi) is 6.18. The highest BCUT2D eigenvalue weighted by atomic mass is 16.6. The lowest BCUT2D eigenvalue weighted by atomic mass is 10.1. The van der Waals surface area contributed by atoms with Crippen molar-refractivity contribution in [2.45, 2.75) is 52.7 Å². The number of rotatable bonds is 3. The Labute approximate surface area is 168 Å². The second-order valence-electron chi connectivity index (χ2n) is 8.15. The summed E-state index contributed by atoms with van der Waals surface area (Å²) in [5, 5.41) is 6.00. The van der Waals surface area contributed by atoms with Gasteiger partial charge in [0.2, 0.25) is 5.95 Å². The lowest BCUT2D eigenvalue weighted by molar-refractivity contribution is 0.0542. The van der Waals surface area contributed by atoms with Crippen molar-refractivity contribution in [3.05, 3.63) is 40.9 Å². The van der Waals surface area contributed by atoms with Gasteiger partial charge in [0, 0.05) is 16.2 Å². The van der Waals surface area contributed by atoms with Crippen molar-refractivity contribution in [1.29, 1.82) is 0 Å². The Morgan fingerprint density at radius 1 is 1.07 bits per heavy atom. The van der Waals surface area contributed by atoms with E-state index in [0.29, 0.717) is 16.9 Å². The molecule has 10 heteroatoms. The van der Waals surface area contributed by atoms with Crippen LogP contribution in [0.5, 0.6) is 0 Å². The summed E-state index contributed by atoms with van der Waals surface area (Å²) in [6.45, 7) is 10.4. The molecule has 29 heavy (non-hydrogen) atoms. The van der Waals surface area contributed by atoms with E-state index in [2.05, 4.69) is 20.3 Å². The Bertz CT molecular complexity index is 945. The molecule has 0 atom stereocenters. The lowest BCUT2D eigenvalue weighted by Crippen LogP contribution is -2.31. The molecule has 2 rings (SSSR count). The fraction of sp³-hybridized carbons (Fsp3) is 0.421. The molecule has 0 radical (unpaired) electrons. The molecule has 0 aliphatic rings. The number of azide groups is 1. The number of carbonyl (C=O) groups excluding carboxylic acids is 2. The third kappa shape index (κ3) is 6.25. The van der Waals surface area contributed by atoms with E-state index in [0.717, 1.165) is 4.57 Å². The molecule has 10 nitrogen and oxygen atoms in total. The van der Waals surface area contributed by atoms with E-state index in [9.17, 15) is 9.59 Å². The minimum atomic E-state index is -0.757. The summed E-state index contributed by atoms with van der Waals surface area (Å²) in [5.74, 6) is -0.0392. The average molecular weight is 400 g/mol. The van der Waals surface area contributed by atoms with Crippen molar-refractivity contribution < 1.29 is 19.1 Å². The van der Waals surface area contributed by atoms with Gasteiger partial charge in [0.25, 0.3) is 0 Å². The summed E-state index contributed by atoms with van der Waals surface area (Å²) in [6.07, 6.45) is -0.0347. The molecule has 1 aromatic carbocycles. The smallest absolute Gasteiger partial charge is 0.421 e. The number of amides is 1. The summed E-state index contributed by atoms with van der Waals surface area (Å²) in [5.41, 5.74) is 8.48. The van der Waals surface area contributed by atoms with Crippen LogP contribution >= 0.6 is 0 Å². The van der Waals surface area contributed by atoms with Crippen LogP contribution in [0.25, 0.3) is 21.7 Å². The molecular formula is C19H24N6O4. The Morgan fingerprint density at radius 3 is 2.17 bits per heavy atom.